The lowest BCUT2D eigenvalue weighted by molar-refractivity contribution is -0.870. The Bertz CT molecular complexity index is 912. The van der Waals surface area contributed by atoms with Crippen LogP contribution in [0.25, 0.3) is 0 Å². The van der Waals surface area contributed by atoms with Crippen LogP contribution in [0.3, 0.4) is 0 Å². The minimum absolute atomic E-state index is 0.0367. The number of carbonyl (C=O) groups excluding carboxylic acids is 2. The van der Waals surface area contributed by atoms with E-state index in [0.717, 1.165) is 32.1 Å². The Kier molecular flexibility index (Phi) is 37.8. The number of carbonyl (C=O) groups is 2. The van der Waals surface area contributed by atoms with Gasteiger partial charge in [-0.05, 0) is 12.8 Å². The zero-order valence-electron chi connectivity index (χ0n) is 36.9. The Morgan fingerprint density at radius 1 is 0.491 bits per heavy atom. The van der Waals surface area contributed by atoms with E-state index < -0.39 is 26.5 Å². The minimum atomic E-state index is -4.36. The topological polar surface area (TPSA) is 108 Å². The van der Waals surface area contributed by atoms with E-state index in [-0.39, 0.29) is 25.6 Å². The number of esters is 2. The lowest BCUT2D eigenvalue weighted by Gasteiger charge is -2.24. The average Bonchev–Trinajstić information content (AvgIpc) is 3.13. The van der Waals surface area contributed by atoms with E-state index in [0.29, 0.717) is 23.9 Å². The van der Waals surface area contributed by atoms with Gasteiger partial charge in [0.15, 0.2) is 6.10 Å². The van der Waals surface area contributed by atoms with E-state index in [4.69, 9.17) is 18.5 Å². The fraction of sp³-hybridized carbons (Fsp3) is 0.956. The smallest absolute Gasteiger partial charge is 0.462 e. The van der Waals surface area contributed by atoms with Gasteiger partial charge in [0.2, 0.25) is 0 Å². The van der Waals surface area contributed by atoms with Gasteiger partial charge in [0.05, 0.1) is 27.7 Å². The number of phosphoric ester groups is 1. The summed E-state index contributed by atoms with van der Waals surface area (Å²) in [6.45, 7) is 4.45. The second kappa shape index (κ2) is 38.5. The Labute approximate surface area is 340 Å². The maximum absolute atomic E-state index is 12.6. The van der Waals surface area contributed by atoms with E-state index in [1.54, 1.807) is 0 Å². The van der Waals surface area contributed by atoms with Gasteiger partial charge >= 0.3 is 19.8 Å². The first kappa shape index (κ1) is 54.0. The Morgan fingerprint density at radius 2 is 0.818 bits per heavy atom. The lowest BCUT2D eigenvalue weighted by Crippen LogP contribution is -2.37. The molecule has 0 rings (SSSR count). The van der Waals surface area contributed by atoms with Gasteiger partial charge in [-0.25, -0.2) is 4.57 Å². The molecule has 0 fully saturated rings. The third-order valence-corrected chi connectivity index (χ3v) is 11.4. The molecule has 0 bridgehead atoms. The van der Waals surface area contributed by atoms with Crippen LogP contribution >= 0.6 is 7.82 Å². The molecule has 0 radical (unpaired) electrons. The summed E-state index contributed by atoms with van der Waals surface area (Å²) >= 11 is 0. The number of phosphoric acid groups is 1. The van der Waals surface area contributed by atoms with E-state index in [9.17, 15) is 19.0 Å². The quantitative estimate of drug-likeness (QED) is 0.0281. The van der Waals surface area contributed by atoms with Crippen LogP contribution in [-0.2, 0) is 32.7 Å². The largest absolute Gasteiger partial charge is 0.472 e. The SMILES string of the molecule is CCCCCCCCCCCCCCCCCCCCCCCC(=O)OCC(COP(=O)(O)OCC[N+](C)(C)C)OC(=O)CCCCCCCCCCCC. The van der Waals surface area contributed by atoms with Crippen molar-refractivity contribution in [2.75, 3.05) is 47.5 Å². The first-order valence-corrected chi connectivity index (χ1v) is 24.8. The number of hydrogen-bond donors (Lipinski definition) is 1. The second-order valence-electron chi connectivity index (χ2n) is 17.2. The number of nitrogens with zero attached hydrogens (tertiary/aromatic N) is 1. The maximum Gasteiger partial charge on any atom is 0.472 e. The summed E-state index contributed by atoms with van der Waals surface area (Å²) in [5.41, 5.74) is 0. The molecule has 0 aliphatic heterocycles. The molecule has 2 unspecified atom stereocenters. The van der Waals surface area contributed by atoms with Crippen LogP contribution in [0.5, 0.6) is 0 Å². The predicted molar refractivity (Wildman–Crippen MR) is 229 cm³/mol. The van der Waals surface area contributed by atoms with Crippen molar-refractivity contribution in [3.8, 4) is 0 Å². The summed E-state index contributed by atoms with van der Waals surface area (Å²) in [5, 5.41) is 0. The molecule has 0 aromatic carbocycles. The molecule has 0 aromatic heterocycles. The standard InChI is InChI=1S/C45H90NO8P/c1-6-8-10-12-14-16-18-19-20-21-22-23-24-25-26-27-28-30-31-33-35-37-44(47)51-41-43(42-53-55(49,50)52-40-39-46(3,4)5)54-45(48)38-36-34-32-29-17-15-13-11-9-7-2/h43H,6-42H2,1-5H3/p+1. The molecule has 0 spiro atoms. The zero-order chi connectivity index (χ0) is 40.7. The molecule has 55 heavy (non-hydrogen) atoms. The van der Waals surface area contributed by atoms with Gasteiger partial charge in [0.25, 0.3) is 0 Å². The Hall–Kier alpha value is -0.990. The van der Waals surface area contributed by atoms with Crippen LogP contribution in [0, 0.1) is 0 Å². The Balaban J connectivity index is 4.15. The van der Waals surface area contributed by atoms with Crippen LogP contribution in [0.1, 0.15) is 226 Å². The van der Waals surface area contributed by atoms with Crippen LogP contribution in [0.4, 0.5) is 0 Å². The highest BCUT2D eigenvalue weighted by Crippen LogP contribution is 2.43. The normalized spacial score (nSPS) is 13.5. The van der Waals surface area contributed by atoms with Gasteiger partial charge in [-0.1, -0.05) is 200 Å². The molecular weight excluding hydrogens is 713 g/mol. The number of hydrogen-bond acceptors (Lipinski definition) is 7. The summed E-state index contributed by atoms with van der Waals surface area (Å²) in [5.74, 6) is -0.785. The number of quaternary nitrogens is 1. The van der Waals surface area contributed by atoms with Crippen LogP contribution in [0.2, 0.25) is 0 Å². The zero-order valence-corrected chi connectivity index (χ0v) is 37.8. The Morgan fingerprint density at radius 3 is 1.16 bits per heavy atom. The molecule has 10 heteroatoms. The third kappa shape index (κ3) is 42.4. The summed E-state index contributed by atoms with van der Waals surface area (Å²) in [6, 6.07) is 0. The number of ether oxygens (including phenoxy) is 2. The molecule has 9 nitrogen and oxygen atoms in total. The highest BCUT2D eigenvalue weighted by molar-refractivity contribution is 7.47. The van der Waals surface area contributed by atoms with E-state index in [2.05, 4.69) is 13.8 Å². The average molecular weight is 805 g/mol. The molecule has 0 aliphatic rings. The number of likely N-dealkylation sites (N-methyl/N-ethyl adjacent to an activating group) is 1. The van der Waals surface area contributed by atoms with Crippen LogP contribution in [0.15, 0.2) is 0 Å². The monoisotopic (exact) mass is 805 g/mol. The van der Waals surface area contributed by atoms with Crippen molar-refractivity contribution in [2.45, 2.75) is 232 Å². The maximum atomic E-state index is 12.6. The number of rotatable bonds is 43. The van der Waals surface area contributed by atoms with Crippen molar-refractivity contribution in [2.24, 2.45) is 0 Å². The summed E-state index contributed by atoms with van der Waals surface area (Å²) in [7, 11) is 1.49. The van der Waals surface area contributed by atoms with Crippen molar-refractivity contribution in [3.05, 3.63) is 0 Å². The van der Waals surface area contributed by atoms with Crippen molar-refractivity contribution >= 4 is 19.8 Å². The van der Waals surface area contributed by atoms with Gasteiger partial charge in [0.1, 0.15) is 19.8 Å². The highest BCUT2D eigenvalue weighted by Gasteiger charge is 2.27. The van der Waals surface area contributed by atoms with Crippen molar-refractivity contribution in [1.29, 1.82) is 0 Å². The fourth-order valence-electron chi connectivity index (χ4n) is 6.72. The molecule has 0 aromatic rings. The second-order valence-corrected chi connectivity index (χ2v) is 18.6. The molecule has 2 atom stereocenters. The van der Waals surface area contributed by atoms with Gasteiger partial charge in [-0.15, -0.1) is 0 Å². The predicted octanol–water partition coefficient (Wildman–Crippen LogP) is 13.2. The molecule has 0 saturated carbocycles. The summed E-state index contributed by atoms with van der Waals surface area (Å²) < 4.78 is 34.3. The van der Waals surface area contributed by atoms with Gasteiger partial charge in [0, 0.05) is 12.8 Å². The lowest BCUT2D eigenvalue weighted by atomic mass is 10.0. The van der Waals surface area contributed by atoms with Gasteiger partial charge < -0.3 is 18.9 Å². The summed E-state index contributed by atoms with van der Waals surface area (Å²) in [6.07, 6.45) is 38.7. The van der Waals surface area contributed by atoms with E-state index in [1.165, 1.54) is 161 Å². The van der Waals surface area contributed by atoms with Crippen molar-refractivity contribution in [1.82, 2.24) is 0 Å². The highest BCUT2D eigenvalue weighted by atomic mass is 31.2. The molecule has 0 saturated heterocycles. The molecule has 328 valence electrons. The van der Waals surface area contributed by atoms with Crippen LogP contribution < -0.4 is 0 Å². The first-order valence-electron chi connectivity index (χ1n) is 23.3. The molecule has 0 heterocycles. The molecular formula is C45H91NO8P+. The van der Waals surface area contributed by atoms with Crippen molar-refractivity contribution < 1.29 is 42.1 Å². The third-order valence-electron chi connectivity index (χ3n) is 10.4. The van der Waals surface area contributed by atoms with E-state index in [1.807, 2.05) is 21.1 Å². The molecule has 1 N–H and O–H groups in total. The fourth-order valence-corrected chi connectivity index (χ4v) is 7.46. The summed E-state index contributed by atoms with van der Waals surface area (Å²) in [4.78, 5) is 35.3. The van der Waals surface area contributed by atoms with E-state index >= 15 is 0 Å². The molecule has 0 amide bonds. The number of unbranched alkanes of at least 4 members (excludes halogenated alkanes) is 29. The molecule has 0 aliphatic carbocycles. The first-order chi connectivity index (χ1) is 26.5. The van der Waals surface area contributed by atoms with Gasteiger partial charge in [-0.3, -0.25) is 18.6 Å². The minimum Gasteiger partial charge on any atom is -0.462 e. The van der Waals surface area contributed by atoms with Crippen LogP contribution in [-0.4, -0.2) is 74.9 Å². The van der Waals surface area contributed by atoms with Gasteiger partial charge in [-0.2, -0.15) is 0 Å². The van der Waals surface area contributed by atoms with Crippen molar-refractivity contribution in [3.63, 3.8) is 0 Å².